The Morgan fingerprint density at radius 2 is 2.21 bits per heavy atom. The molecule has 0 radical (unpaired) electrons. The fourth-order valence-corrected chi connectivity index (χ4v) is 2.91. The van der Waals surface area contributed by atoms with Crippen molar-refractivity contribution in [2.75, 3.05) is 5.73 Å². The first-order chi connectivity index (χ1) is 9.15. The zero-order valence-corrected chi connectivity index (χ0v) is 11.5. The lowest BCUT2D eigenvalue weighted by atomic mass is 10.1. The molecular weight excluding hydrogens is 262 g/mol. The molecule has 5 nitrogen and oxygen atoms in total. The highest BCUT2D eigenvalue weighted by atomic mass is 35.5. The van der Waals surface area contributed by atoms with Gasteiger partial charge in [-0.2, -0.15) is 0 Å². The van der Waals surface area contributed by atoms with Gasteiger partial charge in [-0.1, -0.05) is 18.5 Å². The highest BCUT2D eigenvalue weighted by molar-refractivity contribution is 6.31. The predicted octanol–water partition coefficient (Wildman–Crippen LogP) is 2.94. The number of anilines is 1. The average molecular weight is 278 g/mol. The van der Waals surface area contributed by atoms with Gasteiger partial charge in [0.15, 0.2) is 5.82 Å². The van der Waals surface area contributed by atoms with Crippen LogP contribution < -0.4 is 5.73 Å². The van der Waals surface area contributed by atoms with Crippen LogP contribution in [0, 0.1) is 5.92 Å². The Hall–Kier alpha value is -1.62. The molecule has 1 saturated carbocycles. The van der Waals surface area contributed by atoms with Crippen molar-refractivity contribution in [3.8, 4) is 11.4 Å². The number of benzene rings is 1. The molecule has 0 amide bonds. The van der Waals surface area contributed by atoms with Crippen molar-refractivity contribution in [3.63, 3.8) is 0 Å². The van der Waals surface area contributed by atoms with Crippen LogP contribution in [-0.2, 0) is 0 Å². The summed E-state index contributed by atoms with van der Waals surface area (Å²) in [5.41, 5.74) is 7.46. The summed E-state index contributed by atoms with van der Waals surface area (Å²) in [7, 11) is 0. The summed E-state index contributed by atoms with van der Waals surface area (Å²) in [6.45, 7) is 2.26. The average Bonchev–Trinajstić information content (AvgIpc) is 3.00. The molecule has 19 heavy (non-hydrogen) atoms. The van der Waals surface area contributed by atoms with Crippen molar-refractivity contribution < 1.29 is 0 Å². The molecule has 2 aromatic rings. The zero-order chi connectivity index (χ0) is 13.4. The van der Waals surface area contributed by atoms with Crippen molar-refractivity contribution in [1.82, 2.24) is 20.2 Å². The first kappa shape index (κ1) is 12.4. The second kappa shape index (κ2) is 4.81. The smallest absolute Gasteiger partial charge is 0.184 e. The first-order valence-electron chi connectivity index (χ1n) is 6.48. The van der Waals surface area contributed by atoms with Crippen LogP contribution >= 0.6 is 11.6 Å². The molecule has 1 aliphatic rings. The second-order valence-corrected chi connectivity index (χ2v) is 5.69. The van der Waals surface area contributed by atoms with E-state index in [4.69, 9.17) is 17.3 Å². The summed E-state index contributed by atoms with van der Waals surface area (Å²) in [6.07, 6.45) is 3.44. The Morgan fingerprint density at radius 3 is 2.95 bits per heavy atom. The number of nitrogen functional groups attached to an aromatic ring is 1. The summed E-state index contributed by atoms with van der Waals surface area (Å²) in [5, 5.41) is 12.7. The number of nitrogens with zero attached hydrogens (tertiary/aromatic N) is 4. The van der Waals surface area contributed by atoms with Crippen molar-refractivity contribution >= 4 is 17.3 Å². The molecule has 2 atom stereocenters. The monoisotopic (exact) mass is 277 g/mol. The van der Waals surface area contributed by atoms with Gasteiger partial charge in [0.1, 0.15) is 0 Å². The van der Waals surface area contributed by atoms with Crippen molar-refractivity contribution in [2.24, 2.45) is 5.92 Å². The molecular formula is C13H16ClN5. The first-order valence-corrected chi connectivity index (χ1v) is 6.86. The molecule has 6 heteroatoms. The molecule has 2 N–H and O–H groups in total. The third-order valence-corrected chi connectivity index (χ3v) is 4.00. The number of tetrazole rings is 1. The number of hydrogen-bond donors (Lipinski definition) is 1. The summed E-state index contributed by atoms with van der Waals surface area (Å²) >= 11 is 6.04. The van der Waals surface area contributed by atoms with E-state index in [0.29, 0.717) is 22.6 Å². The fraction of sp³-hybridized carbons (Fsp3) is 0.462. The number of nitrogens with two attached hydrogens (primary N) is 1. The van der Waals surface area contributed by atoms with Crippen LogP contribution in [0.3, 0.4) is 0 Å². The van der Waals surface area contributed by atoms with E-state index >= 15 is 0 Å². The molecule has 0 bridgehead atoms. The van der Waals surface area contributed by atoms with Gasteiger partial charge in [0.05, 0.1) is 6.04 Å². The van der Waals surface area contributed by atoms with E-state index in [-0.39, 0.29) is 0 Å². The van der Waals surface area contributed by atoms with E-state index < -0.39 is 0 Å². The van der Waals surface area contributed by atoms with Crippen molar-refractivity contribution in [3.05, 3.63) is 23.2 Å². The normalized spacial score (nSPS) is 22.8. The van der Waals surface area contributed by atoms with Gasteiger partial charge in [0.25, 0.3) is 0 Å². The quantitative estimate of drug-likeness (QED) is 0.857. The molecule has 0 saturated heterocycles. The van der Waals surface area contributed by atoms with E-state index in [9.17, 15) is 0 Å². The lowest BCUT2D eigenvalue weighted by molar-refractivity contribution is 0.443. The fourth-order valence-electron chi connectivity index (χ4n) is 2.74. The number of hydrogen-bond acceptors (Lipinski definition) is 4. The highest BCUT2D eigenvalue weighted by Crippen LogP contribution is 2.36. The van der Waals surface area contributed by atoms with E-state index in [1.807, 2.05) is 10.7 Å². The van der Waals surface area contributed by atoms with Gasteiger partial charge in [0, 0.05) is 16.3 Å². The van der Waals surface area contributed by atoms with Crippen LogP contribution in [-0.4, -0.2) is 20.2 Å². The molecule has 1 aromatic carbocycles. The third kappa shape index (κ3) is 2.30. The third-order valence-electron chi connectivity index (χ3n) is 3.76. The number of rotatable bonds is 2. The van der Waals surface area contributed by atoms with Gasteiger partial charge < -0.3 is 5.73 Å². The Morgan fingerprint density at radius 1 is 1.37 bits per heavy atom. The van der Waals surface area contributed by atoms with Crippen LogP contribution in [0.2, 0.25) is 5.02 Å². The maximum Gasteiger partial charge on any atom is 0.184 e. The van der Waals surface area contributed by atoms with Crippen LogP contribution in [0.4, 0.5) is 5.69 Å². The second-order valence-electron chi connectivity index (χ2n) is 5.25. The molecule has 1 aromatic heterocycles. The Balaban J connectivity index is 2.02. The van der Waals surface area contributed by atoms with Crippen molar-refractivity contribution in [2.45, 2.75) is 32.2 Å². The van der Waals surface area contributed by atoms with Crippen LogP contribution in [0.1, 0.15) is 32.2 Å². The zero-order valence-electron chi connectivity index (χ0n) is 10.8. The van der Waals surface area contributed by atoms with E-state index in [1.54, 1.807) is 12.1 Å². The van der Waals surface area contributed by atoms with Crippen LogP contribution in [0.25, 0.3) is 11.4 Å². The summed E-state index contributed by atoms with van der Waals surface area (Å²) < 4.78 is 1.89. The SMILES string of the molecule is CC1CCC(n2nnnc2-c2cc(Cl)ccc2N)C1. The van der Waals surface area contributed by atoms with Gasteiger partial charge in [-0.3, -0.25) is 0 Å². The summed E-state index contributed by atoms with van der Waals surface area (Å²) in [4.78, 5) is 0. The van der Waals surface area contributed by atoms with Crippen LogP contribution in [0.5, 0.6) is 0 Å². The summed E-state index contributed by atoms with van der Waals surface area (Å²) in [5.74, 6) is 1.43. The predicted molar refractivity (Wildman–Crippen MR) is 74.7 cm³/mol. The lowest BCUT2D eigenvalue weighted by Crippen LogP contribution is -2.10. The maximum absolute atomic E-state index is 6.04. The van der Waals surface area contributed by atoms with E-state index in [2.05, 4.69) is 22.4 Å². The molecule has 3 rings (SSSR count). The minimum atomic E-state index is 0.360. The molecule has 100 valence electrons. The Bertz CT molecular complexity index is 594. The van der Waals surface area contributed by atoms with Crippen LogP contribution in [0.15, 0.2) is 18.2 Å². The molecule has 0 aliphatic heterocycles. The molecule has 1 fully saturated rings. The van der Waals surface area contributed by atoms with Crippen molar-refractivity contribution in [1.29, 1.82) is 0 Å². The number of aromatic nitrogens is 4. The van der Waals surface area contributed by atoms with Gasteiger partial charge in [-0.25, -0.2) is 4.68 Å². The van der Waals surface area contributed by atoms with E-state index in [1.165, 1.54) is 6.42 Å². The van der Waals surface area contributed by atoms with Gasteiger partial charge in [-0.15, -0.1) is 5.10 Å². The molecule has 1 heterocycles. The maximum atomic E-state index is 6.04. The number of halogens is 1. The summed E-state index contributed by atoms with van der Waals surface area (Å²) in [6, 6.07) is 5.73. The minimum Gasteiger partial charge on any atom is -0.398 e. The Kier molecular flexibility index (Phi) is 3.14. The van der Waals surface area contributed by atoms with Gasteiger partial charge in [0.2, 0.25) is 0 Å². The molecule has 0 spiro atoms. The minimum absolute atomic E-state index is 0.360. The lowest BCUT2D eigenvalue weighted by Gasteiger charge is -2.13. The largest absolute Gasteiger partial charge is 0.398 e. The topological polar surface area (TPSA) is 69.6 Å². The Labute approximate surface area is 116 Å². The standard InChI is InChI=1S/C13H16ClN5/c1-8-2-4-10(6-8)19-13(16-17-18-19)11-7-9(14)3-5-12(11)15/h3,5,7-8,10H,2,4,6,15H2,1H3. The van der Waals surface area contributed by atoms with Gasteiger partial charge >= 0.3 is 0 Å². The highest BCUT2D eigenvalue weighted by Gasteiger charge is 2.27. The van der Waals surface area contributed by atoms with E-state index in [0.717, 1.165) is 24.3 Å². The molecule has 1 aliphatic carbocycles. The molecule has 2 unspecified atom stereocenters. The van der Waals surface area contributed by atoms with Gasteiger partial charge in [-0.05, 0) is 53.8 Å².